The fraction of sp³-hybridized carbons (Fsp3) is 0.316. The first kappa shape index (κ1) is 17.2. The summed E-state index contributed by atoms with van der Waals surface area (Å²) in [6.07, 6.45) is 0.263. The average molecular weight is 311 g/mol. The number of aryl methyl sites for hydroxylation is 1. The van der Waals surface area contributed by atoms with E-state index in [2.05, 4.69) is 23.2 Å². The number of carbonyl (C=O) groups is 1. The molecule has 3 N–H and O–H groups in total. The van der Waals surface area contributed by atoms with Gasteiger partial charge in [-0.15, -0.1) is 0 Å². The topological polar surface area (TPSA) is 58.4 Å². The zero-order chi connectivity index (χ0) is 16.8. The summed E-state index contributed by atoms with van der Waals surface area (Å²) < 4.78 is 0. The van der Waals surface area contributed by atoms with Gasteiger partial charge in [0.1, 0.15) is 0 Å². The van der Waals surface area contributed by atoms with Crippen molar-refractivity contribution in [1.82, 2.24) is 4.90 Å². The number of amides is 1. The summed E-state index contributed by atoms with van der Waals surface area (Å²) >= 11 is 0. The van der Waals surface area contributed by atoms with E-state index in [1.54, 1.807) is 0 Å². The van der Waals surface area contributed by atoms with Crippen LogP contribution in [0.3, 0.4) is 0 Å². The minimum Gasteiger partial charge on any atom is -0.326 e. The van der Waals surface area contributed by atoms with Crippen molar-refractivity contribution in [1.29, 1.82) is 0 Å². The summed E-state index contributed by atoms with van der Waals surface area (Å²) in [6, 6.07) is 15.5. The minimum atomic E-state index is -0.293. The molecule has 122 valence electrons. The molecule has 2 aromatic rings. The van der Waals surface area contributed by atoms with Crippen LogP contribution in [0.5, 0.6) is 0 Å². The fourth-order valence-electron chi connectivity index (χ4n) is 2.54. The molecule has 1 atom stereocenters. The predicted octanol–water partition coefficient (Wildman–Crippen LogP) is 3.09. The van der Waals surface area contributed by atoms with Gasteiger partial charge in [-0.2, -0.15) is 0 Å². The first-order chi connectivity index (χ1) is 11.0. The zero-order valence-corrected chi connectivity index (χ0v) is 14.0. The molecule has 4 heteroatoms. The predicted molar refractivity (Wildman–Crippen MR) is 95.2 cm³/mol. The number of hydrogen-bond acceptors (Lipinski definition) is 3. The summed E-state index contributed by atoms with van der Waals surface area (Å²) in [7, 11) is 4.03. The maximum atomic E-state index is 12.3. The molecule has 2 aromatic carbocycles. The maximum Gasteiger partial charge on any atom is 0.226 e. The Balaban J connectivity index is 2.05. The largest absolute Gasteiger partial charge is 0.326 e. The second kappa shape index (κ2) is 7.90. The molecule has 0 aliphatic carbocycles. The van der Waals surface area contributed by atoms with Crippen molar-refractivity contribution in [3.8, 4) is 0 Å². The average Bonchev–Trinajstić information content (AvgIpc) is 2.50. The van der Waals surface area contributed by atoms with Crippen molar-refractivity contribution in [3.05, 3.63) is 65.2 Å². The lowest BCUT2D eigenvalue weighted by Crippen LogP contribution is -2.22. The van der Waals surface area contributed by atoms with E-state index in [9.17, 15) is 4.79 Å². The molecule has 4 nitrogen and oxygen atoms in total. The molecule has 0 saturated heterocycles. The molecular formula is C19H25N3O. The van der Waals surface area contributed by atoms with E-state index < -0.39 is 0 Å². The van der Waals surface area contributed by atoms with Gasteiger partial charge in [0.15, 0.2) is 0 Å². The van der Waals surface area contributed by atoms with Gasteiger partial charge in [-0.3, -0.25) is 4.79 Å². The highest BCUT2D eigenvalue weighted by Crippen LogP contribution is 2.20. The Kier molecular flexibility index (Phi) is 5.90. The minimum absolute atomic E-state index is 0.0646. The van der Waals surface area contributed by atoms with Crippen LogP contribution in [0.25, 0.3) is 0 Å². The molecule has 0 spiro atoms. The monoisotopic (exact) mass is 311 g/mol. The van der Waals surface area contributed by atoms with Gasteiger partial charge in [0.25, 0.3) is 0 Å². The smallest absolute Gasteiger partial charge is 0.226 e. The summed E-state index contributed by atoms with van der Waals surface area (Å²) in [4.78, 5) is 14.4. The third-order valence-corrected chi connectivity index (χ3v) is 3.65. The van der Waals surface area contributed by atoms with Crippen LogP contribution in [-0.2, 0) is 11.3 Å². The number of nitrogens with zero attached hydrogens (tertiary/aromatic N) is 1. The maximum absolute atomic E-state index is 12.3. The molecule has 0 aliphatic rings. The Hall–Kier alpha value is -2.17. The van der Waals surface area contributed by atoms with Crippen LogP contribution in [0.15, 0.2) is 48.5 Å². The highest BCUT2D eigenvalue weighted by atomic mass is 16.1. The van der Waals surface area contributed by atoms with Crippen LogP contribution in [0.1, 0.15) is 29.2 Å². The van der Waals surface area contributed by atoms with Crippen LogP contribution in [0, 0.1) is 6.92 Å². The van der Waals surface area contributed by atoms with Crippen molar-refractivity contribution in [2.24, 2.45) is 5.73 Å². The molecular weight excluding hydrogens is 286 g/mol. The van der Waals surface area contributed by atoms with Crippen LogP contribution in [-0.4, -0.2) is 24.9 Å². The molecule has 0 aliphatic heterocycles. The molecule has 0 saturated carbocycles. The molecule has 0 fully saturated rings. The normalized spacial score (nSPS) is 12.2. The van der Waals surface area contributed by atoms with Gasteiger partial charge < -0.3 is 16.0 Å². The van der Waals surface area contributed by atoms with Gasteiger partial charge in [-0.05, 0) is 38.2 Å². The quantitative estimate of drug-likeness (QED) is 0.862. The molecule has 2 rings (SSSR count). The van der Waals surface area contributed by atoms with E-state index in [-0.39, 0.29) is 18.4 Å². The molecule has 0 bridgehead atoms. The van der Waals surface area contributed by atoms with Gasteiger partial charge in [0.05, 0.1) is 0 Å². The third-order valence-electron chi connectivity index (χ3n) is 3.65. The molecule has 1 unspecified atom stereocenters. The van der Waals surface area contributed by atoms with Crippen molar-refractivity contribution < 1.29 is 4.79 Å². The molecule has 0 aromatic heterocycles. The number of hydrogen-bond donors (Lipinski definition) is 2. The van der Waals surface area contributed by atoms with Crippen LogP contribution in [0.4, 0.5) is 5.69 Å². The zero-order valence-electron chi connectivity index (χ0n) is 14.0. The van der Waals surface area contributed by atoms with Crippen molar-refractivity contribution in [2.75, 3.05) is 19.4 Å². The summed E-state index contributed by atoms with van der Waals surface area (Å²) in [5.41, 5.74) is 10.2. The Labute approximate surface area is 138 Å². The Morgan fingerprint density at radius 2 is 1.87 bits per heavy atom. The van der Waals surface area contributed by atoms with Crippen molar-refractivity contribution in [2.45, 2.75) is 25.9 Å². The van der Waals surface area contributed by atoms with Gasteiger partial charge in [-0.1, -0.05) is 48.0 Å². The summed E-state index contributed by atoms with van der Waals surface area (Å²) in [6.45, 7) is 2.83. The number of anilines is 1. The Morgan fingerprint density at radius 3 is 2.52 bits per heavy atom. The van der Waals surface area contributed by atoms with Gasteiger partial charge >= 0.3 is 0 Å². The molecule has 0 heterocycles. The second-order valence-electron chi connectivity index (χ2n) is 6.17. The lowest BCUT2D eigenvalue weighted by molar-refractivity contribution is -0.116. The number of nitrogens with two attached hydrogens (primary N) is 1. The van der Waals surface area contributed by atoms with Crippen molar-refractivity contribution >= 4 is 11.6 Å². The first-order valence-corrected chi connectivity index (χ1v) is 7.80. The van der Waals surface area contributed by atoms with Gasteiger partial charge in [0.2, 0.25) is 5.91 Å². The van der Waals surface area contributed by atoms with Gasteiger partial charge in [-0.25, -0.2) is 0 Å². The lowest BCUT2D eigenvalue weighted by atomic mass is 10.0. The van der Waals surface area contributed by atoms with E-state index in [1.165, 1.54) is 5.56 Å². The van der Waals surface area contributed by atoms with Gasteiger partial charge in [0, 0.05) is 24.7 Å². The number of rotatable bonds is 6. The van der Waals surface area contributed by atoms with E-state index in [0.29, 0.717) is 0 Å². The van der Waals surface area contributed by atoms with E-state index >= 15 is 0 Å². The summed E-state index contributed by atoms with van der Waals surface area (Å²) in [5, 5.41) is 3.00. The summed E-state index contributed by atoms with van der Waals surface area (Å²) in [5.74, 6) is -0.0646. The first-order valence-electron chi connectivity index (χ1n) is 7.80. The van der Waals surface area contributed by atoms with E-state index in [0.717, 1.165) is 23.4 Å². The molecule has 23 heavy (non-hydrogen) atoms. The standard InChI is InChI=1S/C19H25N3O/c1-14-9-10-18(16(11-14)13-22(2)3)21-19(23)12-17(20)15-7-5-4-6-8-15/h4-11,17H,12-13,20H2,1-3H3,(H,21,23). The van der Waals surface area contributed by atoms with Crippen LogP contribution >= 0.6 is 0 Å². The van der Waals surface area contributed by atoms with Crippen molar-refractivity contribution in [3.63, 3.8) is 0 Å². The lowest BCUT2D eigenvalue weighted by Gasteiger charge is -2.17. The van der Waals surface area contributed by atoms with Crippen LogP contribution < -0.4 is 11.1 Å². The highest BCUT2D eigenvalue weighted by Gasteiger charge is 2.13. The fourth-order valence-corrected chi connectivity index (χ4v) is 2.54. The molecule has 0 radical (unpaired) electrons. The highest BCUT2D eigenvalue weighted by molar-refractivity contribution is 5.92. The van der Waals surface area contributed by atoms with Crippen LogP contribution in [0.2, 0.25) is 0 Å². The third kappa shape index (κ3) is 5.20. The van der Waals surface area contributed by atoms with E-state index in [4.69, 9.17) is 5.73 Å². The van der Waals surface area contributed by atoms with E-state index in [1.807, 2.05) is 56.6 Å². The number of nitrogens with one attached hydrogen (secondary N) is 1. The Bertz CT molecular complexity index is 653. The SMILES string of the molecule is Cc1ccc(NC(=O)CC(N)c2ccccc2)c(CN(C)C)c1. The molecule has 1 amide bonds. The number of carbonyl (C=O) groups excluding carboxylic acids is 1. The Morgan fingerprint density at radius 1 is 1.17 bits per heavy atom. The second-order valence-corrected chi connectivity index (χ2v) is 6.17. The number of benzene rings is 2.